The Morgan fingerprint density at radius 3 is 1.27 bits per heavy atom. The molecule has 0 unspecified atom stereocenters. The van der Waals surface area contributed by atoms with E-state index in [2.05, 4.69) is 46.2 Å². The molecule has 37 heavy (non-hydrogen) atoms. The van der Waals surface area contributed by atoms with Gasteiger partial charge in [0.2, 0.25) is 0 Å². The van der Waals surface area contributed by atoms with Crippen LogP contribution in [0.3, 0.4) is 0 Å². The van der Waals surface area contributed by atoms with Crippen molar-refractivity contribution < 1.29 is 9.13 Å². The van der Waals surface area contributed by atoms with Crippen molar-refractivity contribution in [3.63, 3.8) is 0 Å². The molecule has 0 N–H and O–H groups in total. The molecule has 1 aliphatic heterocycles. The highest BCUT2D eigenvalue weighted by atomic mass is 31.2. The maximum atomic E-state index is 15.0. The van der Waals surface area contributed by atoms with E-state index in [1.807, 2.05) is 84.9 Å². The van der Waals surface area contributed by atoms with Crippen LogP contribution < -0.4 is 31.0 Å². The van der Waals surface area contributed by atoms with E-state index in [0.29, 0.717) is 0 Å². The van der Waals surface area contributed by atoms with Gasteiger partial charge in [-0.15, -0.1) is 0 Å². The fraction of sp³-hybridized carbons (Fsp3) is 0.226. The Labute approximate surface area is 221 Å². The Morgan fingerprint density at radius 1 is 0.568 bits per heavy atom. The molecule has 0 saturated carbocycles. The second-order valence-electron chi connectivity index (χ2n) is 10.4. The Bertz CT molecular complexity index is 1510. The van der Waals surface area contributed by atoms with Crippen LogP contribution in [0.5, 0.6) is 0 Å². The number of nitrogens with zero attached hydrogens (tertiary/aromatic N) is 2. The molecule has 190 valence electrons. The third-order valence-corrected chi connectivity index (χ3v) is 11.8. The van der Waals surface area contributed by atoms with Gasteiger partial charge in [0.05, 0.1) is 22.7 Å². The van der Waals surface area contributed by atoms with E-state index >= 15 is 0 Å². The smallest absolute Gasteiger partial charge is 0.144 e. The number of aryl methyl sites for hydroxylation is 4. The van der Waals surface area contributed by atoms with Gasteiger partial charge in [0, 0.05) is 35.3 Å². The first-order chi connectivity index (χ1) is 17.5. The first kappa shape index (κ1) is 25.6. The minimum atomic E-state index is -3.06. The zero-order chi connectivity index (χ0) is 26.6. The van der Waals surface area contributed by atoms with E-state index in [1.54, 1.807) is 0 Å². The minimum Gasteiger partial charge on any atom is -0.343 e. The van der Waals surface area contributed by atoms with Gasteiger partial charge in [0.15, 0.2) is 0 Å². The zero-order valence-corrected chi connectivity index (χ0v) is 24.5. The van der Waals surface area contributed by atoms with E-state index in [9.17, 15) is 9.13 Å². The van der Waals surface area contributed by atoms with Crippen molar-refractivity contribution in [2.24, 2.45) is 0 Å². The number of anilines is 4. The topological polar surface area (TPSA) is 40.6 Å². The summed E-state index contributed by atoms with van der Waals surface area (Å²) in [5.41, 5.74) is 7.73. The summed E-state index contributed by atoms with van der Waals surface area (Å²) in [6, 6.07) is 24.6. The molecule has 1 heterocycles. The number of hydrogen-bond acceptors (Lipinski definition) is 4. The highest BCUT2D eigenvalue weighted by Gasteiger charge is 2.32. The summed E-state index contributed by atoms with van der Waals surface area (Å²) in [7, 11) is -1.47. The van der Waals surface area contributed by atoms with Crippen LogP contribution in [0.1, 0.15) is 22.3 Å². The SMILES string of the molecule is Cc1ccc2c(c1)[PH](=O)c1cc(C)ccc1N(C)c1ccc(C)cc1P(C)(=O)c1cc(C)ccc1N2C. The predicted molar refractivity (Wildman–Crippen MR) is 162 cm³/mol. The lowest BCUT2D eigenvalue weighted by atomic mass is 10.1. The normalized spacial score (nSPS) is 19.2. The van der Waals surface area contributed by atoms with Crippen LogP contribution in [0.15, 0.2) is 72.8 Å². The number of benzene rings is 4. The molecule has 0 amide bonds. The van der Waals surface area contributed by atoms with Crippen molar-refractivity contribution in [1.82, 2.24) is 0 Å². The summed E-state index contributed by atoms with van der Waals surface area (Å²) < 4.78 is 29.5. The third kappa shape index (κ3) is 4.37. The van der Waals surface area contributed by atoms with Crippen molar-refractivity contribution >= 4 is 58.9 Å². The summed E-state index contributed by atoms with van der Waals surface area (Å²) >= 11 is 0. The molecule has 5 rings (SSSR count). The lowest BCUT2D eigenvalue weighted by Gasteiger charge is -2.32. The molecule has 0 saturated heterocycles. The Balaban J connectivity index is 1.94. The summed E-state index contributed by atoms with van der Waals surface area (Å²) in [4.78, 5) is 4.14. The largest absolute Gasteiger partial charge is 0.343 e. The van der Waals surface area contributed by atoms with Crippen LogP contribution in [0.25, 0.3) is 0 Å². The fourth-order valence-corrected chi connectivity index (χ4v) is 9.76. The van der Waals surface area contributed by atoms with Crippen LogP contribution in [0, 0.1) is 27.7 Å². The fourth-order valence-electron chi connectivity index (χ4n) is 5.30. The van der Waals surface area contributed by atoms with Gasteiger partial charge in [-0.2, -0.15) is 0 Å². The van der Waals surface area contributed by atoms with Crippen molar-refractivity contribution in [3.05, 3.63) is 95.1 Å². The maximum absolute atomic E-state index is 15.0. The molecule has 0 radical (unpaired) electrons. The van der Waals surface area contributed by atoms with Crippen LogP contribution in [0.2, 0.25) is 0 Å². The lowest BCUT2D eigenvalue weighted by Crippen LogP contribution is -2.31. The highest BCUT2D eigenvalue weighted by molar-refractivity contribution is 7.78. The van der Waals surface area contributed by atoms with Crippen LogP contribution in [0.4, 0.5) is 22.7 Å². The number of hydrogen-bond donors (Lipinski definition) is 0. The van der Waals surface area contributed by atoms with Gasteiger partial charge in [0.1, 0.15) is 14.9 Å². The molecule has 0 atom stereocenters. The monoisotopic (exact) mass is 528 g/mol. The van der Waals surface area contributed by atoms with Gasteiger partial charge >= 0.3 is 0 Å². The molecule has 0 fully saturated rings. The molecule has 0 bridgehead atoms. The minimum absolute atomic E-state index is 0.811. The van der Waals surface area contributed by atoms with E-state index in [0.717, 1.165) is 66.2 Å². The summed E-state index contributed by atoms with van der Waals surface area (Å²) in [6.07, 6.45) is 0. The van der Waals surface area contributed by atoms with Gasteiger partial charge < -0.3 is 18.9 Å². The van der Waals surface area contributed by atoms with Crippen molar-refractivity contribution in [2.45, 2.75) is 27.7 Å². The summed E-state index contributed by atoms with van der Waals surface area (Å²) in [5, 5.41) is 3.25. The van der Waals surface area contributed by atoms with Crippen molar-refractivity contribution in [2.75, 3.05) is 30.6 Å². The second kappa shape index (κ2) is 9.35. The van der Waals surface area contributed by atoms with E-state index < -0.39 is 14.9 Å². The second-order valence-corrected chi connectivity index (χ2v) is 14.9. The van der Waals surface area contributed by atoms with Crippen LogP contribution >= 0.6 is 14.9 Å². The Kier molecular flexibility index (Phi) is 6.47. The molecule has 1 aliphatic rings. The molecule has 4 aromatic carbocycles. The average Bonchev–Trinajstić information content (AvgIpc) is 2.86. The first-order valence-corrected chi connectivity index (χ1v) is 16.1. The molecule has 4 nitrogen and oxygen atoms in total. The molecule has 0 spiro atoms. The van der Waals surface area contributed by atoms with Crippen LogP contribution in [-0.2, 0) is 9.13 Å². The van der Waals surface area contributed by atoms with E-state index in [1.165, 1.54) is 0 Å². The van der Waals surface area contributed by atoms with Crippen LogP contribution in [-0.4, -0.2) is 20.8 Å². The quantitative estimate of drug-likeness (QED) is 0.254. The standard InChI is InChI=1S/C31H34N2O2P2/c1-20-8-12-24-28(16-20)36(34)29-17-21(2)9-13-25(29)33(6)27-15-11-23(4)19-31(27)37(7,35)30-18-22(3)10-14-26(30)32(24)5/h8-19,36H,1-7H3. The summed E-state index contributed by atoms with van der Waals surface area (Å²) in [6.45, 7) is 10.0. The molecule has 0 aliphatic carbocycles. The lowest BCUT2D eigenvalue weighted by molar-refractivity contribution is 0.590. The first-order valence-electron chi connectivity index (χ1n) is 12.5. The van der Waals surface area contributed by atoms with Gasteiger partial charge in [0.25, 0.3) is 0 Å². The van der Waals surface area contributed by atoms with Gasteiger partial charge in [-0.3, -0.25) is 0 Å². The third-order valence-electron chi connectivity index (χ3n) is 7.42. The Morgan fingerprint density at radius 2 is 0.892 bits per heavy atom. The predicted octanol–water partition coefficient (Wildman–Crippen LogP) is 6.22. The molecular weight excluding hydrogens is 494 g/mol. The number of fused-ring (bicyclic) bond motifs is 4. The maximum Gasteiger partial charge on any atom is 0.144 e. The van der Waals surface area contributed by atoms with Gasteiger partial charge in [-0.1, -0.05) is 46.5 Å². The average molecular weight is 529 g/mol. The van der Waals surface area contributed by atoms with E-state index in [-0.39, 0.29) is 0 Å². The molecular formula is C31H34N2O2P2. The van der Waals surface area contributed by atoms with Crippen molar-refractivity contribution in [1.29, 1.82) is 0 Å². The highest BCUT2D eigenvalue weighted by Crippen LogP contribution is 2.47. The Hall–Kier alpha value is -3.06. The number of rotatable bonds is 0. The van der Waals surface area contributed by atoms with Crippen molar-refractivity contribution in [3.8, 4) is 0 Å². The zero-order valence-electron chi connectivity index (χ0n) is 22.6. The molecule has 0 aromatic heterocycles. The van der Waals surface area contributed by atoms with Gasteiger partial charge in [-0.25, -0.2) is 0 Å². The molecule has 4 aromatic rings. The van der Waals surface area contributed by atoms with E-state index in [4.69, 9.17) is 0 Å². The van der Waals surface area contributed by atoms with Gasteiger partial charge in [-0.05, 0) is 82.9 Å². The summed E-state index contributed by atoms with van der Waals surface area (Å²) in [5.74, 6) is 0. The molecule has 6 heteroatoms.